The number of rotatable bonds is 8. The topological polar surface area (TPSA) is 136 Å². The molecule has 0 aliphatic carbocycles. The summed E-state index contributed by atoms with van der Waals surface area (Å²) in [4.78, 5) is 57.2. The summed E-state index contributed by atoms with van der Waals surface area (Å²) in [5.74, 6) is -2.10. The van der Waals surface area contributed by atoms with E-state index >= 15 is 0 Å². The summed E-state index contributed by atoms with van der Waals surface area (Å²) < 4.78 is 46.8. The highest BCUT2D eigenvalue weighted by molar-refractivity contribution is 6.03. The fourth-order valence-electron chi connectivity index (χ4n) is 4.69. The quantitative estimate of drug-likeness (QED) is 0.397. The van der Waals surface area contributed by atoms with E-state index in [1.807, 2.05) is 0 Å². The second-order valence-electron chi connectivity index (χ2n) is 9.47. The number of piperidine rings is 1. The summed E-state index contributed by atoms with van der Waals surface area (Å²) in [6.07, 6.45) is -4.06. The van der Waals surface area contributed by atoms with Gasteiger partial charge in [0.2, 0.25) is 5.91 Å². The summed E-state index contributed by atoms with van der Waals surface area (Å²) in [7, 11) is 1.38. The summed E-state index contributed by atoms with van der Waals surface area (Å²) in [6, 6.07) is 7.76. The third-order valence-corrected chi connectivity index (χ3v) is 6.75. The van der Waals surface area contributed by atoms with Crippen molar-refractivity contribution in [3.05, 3.63) is 57.8 Å². The second-order valence-corrected chi connectivity index (χ2v) is 9.47. The van der Waals surface area contributed by atoms with Crippen molar-refractivity contribution in [3.8, 4) is 5.75 Å². The number of halogens is 3. The van der Waals surface area contributed by atoms with Gasteiger partial charge in [-0.1, -0.05) is 30.3 Å². The van der Waals surface area contributed by atoms with Gasteiger partial charge in [0, 0.05) is 31.7 Å². The molecule has 2 aromatic heterocycles. The molecule has 214 valence electrons. The zero-order chi connectivity index (χ0) is 29.2. The Labute approximate surface area is 226 Å². The first-order valence-corrected chi connectivity index (χ1v) is 12.5. The Morgan fingerprint density at radius 2 is 1.80 bits per heavy atom. The predicted molar refractivity (Wildman–Crippen MR) is 136 cm³/mol. The number of aromatic nitrogens is 3. The Balaban J connectivity index is 1.72. The first-order valence-electron chi connectivity index (χ1n) is 12.5. The fourth-order valence-corrected chi connectivity index (χ4v) is 4.69. The molecule has 14 heteroatoms. The molecule has 1 aliphatic heterocycles. The molecular weight excluding hydrogens is 535 g/mol. The molecule has 2 N–H and O–H groups in total. The van der Waals surface area contributed by atoms with Crippen LogP contribution in [0.25, 0.3) is 11.0 Å². The number of ketones is 1. The van der Waals surface area contributed by atoms with Crippen LogP contribution in [0.2, 0.25) is 0 Å². The van der Waals surface area contributed by atoms with E-state index in [4.69, 9.17) is 9.84 Å². The van der Waals surface area contributed by atoms with Crippen LogP contribution < -0.4 is 15.6 Å². The minimum atomic E-state index is -4.76. The first kappa shape index (κ1) is 28.8. The molecule has 4 rings (SSSR count). The number of benzene rings is 1. The minimum absolute atomic E-state index is 0.0726. The number of likely N-dealkylation sites (tertiary alicyclic amines) is 1. The molecule has 1 fully saturated rings. The van der Waals surface area contributed by atoms with Crippen molar-refractivity contribution in [2.75, 3.05) is 26.3 Å². The van der Waals surface area contributed by atoms with Gasteiger partial charge < -0.3 is 24.6 Å². The number of aryl methyl sites for hydroxylation is 2. The zero-order valence-electron chi connectivity index (χ0n) is 21.8. The third kappa shape index (κ3) is 6.01. The predicted octanol–water partition coefficient (Wildman–Crippen LogP) is 1.58. The highest BCUT2D eigenvalue weighted by atomic mass is 19.4. The standard InChI is InChI=1S/C26H28F3N5O6/c1-15-30-23-20(25(39)34(15)12-18(36)16-6-4-3-5-7-16)22(40-14-26(27,28)29)21(32(23)2)24(38)31-17-8-10-33(11-9-17)19(37)13-35/h3-7,17,35H,8-14H2,1-2H3,(H,31,38). The maximum atomic E-state index is 13.6. The summed E-state index contributed by atoms with van der Waals surface area (Å²) in [5, 5.41) is 11.4. The van der Waals surface area contributed by atoms with Crippen LogP contribution >= 0.6 is 0 Å². The van der Waals surface area contributed by atoms with Crippen LogP contribution in [0.4, 0.5) is 13.2 Å². The number of Topliss-reactive ketones (excluding diaryl/α,β-unsaturated/α-hetero) is 1. The molecule has 1 aromatic carbocycles. The molecule has 40 heavy (non-hydrogen) atoms. The van der Waals surface area contributed by atoms with Crippen molar-refractivity contribution in [3.63, 3.8) is 0 Å². The molecule has 1 aliphatic rings. The van der Waals surface area contributed by atoms with Crippen molar-refractivity contribution in [1.82, 2.24) is 24.3 Å². The van der Waals surface area contributed by atoms with Crippen LogP contribution in [0.15, 0.2) is 35.1 Å². The number of ether oxygens (including phenoxy) is 1. The maximum Gasteiger partial charge on any atom is 0.422 e. The number of aliphatic hydroxyl groups is 1. The van der Waals surface area contributed by atoms with Crippen molar-refractivity contribution in [1.29, 1.82) is 0 Å². The van der Waals surface area contributed by atoms with Gasteiger partial charge in [-0.25, -0.2) is 4.98 Å². The number of carbonyl (C=O) groups excluding carboxylic acids is 3. The van der Waals surface area contributed by atoms with Crippen LogP contribution in [-0.2, 0) is 18.4 Å². The Hall–Kier alpha value is -4.20. The van der Waals surface area contributed by atoms with Gasteiger partial charge in [0.1, 0.15) is 17.8 Å². The lowest BCUT2D eigenvalue weighted by Gasteiger charge is -2.32. The number of carbonyl (C=O) groups is 3. The lowest BCUT2D eigenvalue weighted by Crippen LogP contribution is -2.47. The number of aliphatic hydroxyl groups excluding tert-OH is 1. The lowest BCUT2D eigenvalue weighted by molar-refractivity contribution is -0.153. The van der Waals surface area contributed by atoms with Crippen LogP contribution in [0.3, 0.4) is 0 Å². The fraction of sp³-hybridized carbons (Fsp3) is 0.423. The number of fused-ring (bicyclic) bond motifs is 1. The van der Waals surface area contributed by atoms with E-state index in [9.17, 15) is 32.3 Å². The molecule has 1 saturated heterocycles. The van der Waals surface area contributed by atoms with Crippen molar-refractivity contribution in [2.45, 2.75) is 38.5 Å². The second kappa shape index (κ2) is 11.5. The number of nitrogens with zero attached hydrogens (tertiary/aromatic N) is 4. The van der Waals surface area contributed by atoms with Gasteiger partial charge in [0.05, 0.1) is 6.54 Å². The smallest absolute Gasteiger partial charge is 0.422 e. The Bertz CT molecular complexity index is 1490. The normalized spacial score (nSPS) is 14.4. The average Bonchev–Trinajstić information content (AvgIpc) is 3.20. The molecule has 0 unspecified atom stereocenters. The van der Waals surface area contributed by atoms with Crippen molar-refractivity contribution < 1.29 is 37.4 Å². The lowest BCUT2D eigenvalue weighted by atomic mass is 10.0. The van der Waals surface area contributed by atoms with E-state index in [-0.39, 0.29) is 35.6 Å². The van der Waals surface area contributed by atoms with Crippen LogP contribution in [0, 0.1) is 6.92 Å². The molecule has 0 spiro atoms. The van der Waals surface area contributed by atoms with E-state index in [1.54, 1.807) is 30.3 Å². The molecule has 0 radical (unpaired) electrons. The number of hydrogen-bond donors (Lipinski definition) is 2. The monoisotopic (exact) mass is 563 g/mol. The van der Waals surface area contributed by atoms with Gasteiger partial charge >= 0.3 is 6.18 Å². The van der Waals surface area contributed by atoms with Gasteiger partial charge in [-0.15, -0.1) is 0 Å². The first-order chi connectivity index (χ1) is 18.9. The van der Waals surface area contributed by atoms with E-state index in [0.29, 0.717) is 18.4 Å². The highest BCUT2D eigenvalue weighted by Crippen LogP contribution is 2.31. The average molecular weight is 564 g/mol. The zero-order valence-corrected chi connectivity index (χ0v) is 21.8. The van der Waals surface area contributed by atoms with Crippen LogP contribution in [0.5, 0.6) is 5.75 Å². The molecule has 0 bridgehead atoms. The summed E-state index contributed by atoms with van der Waals surface area (Å²) in [5.41, 5.74) is -0.891. The maximum absolute atomic E-state index is 13.6. The molecule has 0 atom stereocenters. The Kier molecular flexibility index (Phi) is 8.28. The van der Waals surface area contributed by atoms with Crippen LogP contribution in [0.1, 0.15) is 39.5 Å². The number of hydrogen-bond acceptors (Lipinski definition) is 7. The Morgan fingerprint density at radius 3 is 2.40 bits per heavy atom. The van der Waals surface area contributed by atoms with Crippen molar-refractivity contribution in [2.24, 2.45) is 7.05 Å². The largest absolute Gasteiger partial charge is 0.481 e. The number of alkyl halides is 3. The van der Waals surface area contributed by atoms with Crippen molar-refractivity contribution >= 4 is 28.6 Å². The molecule has 11 nitrogen and oxygen atoms in total. The van der Waals surface area contributed by atoms with Crippen LogP contribution in [-0.4, -0.2) is 80.2 Å². The Morgan fingerprint density at radius 1 is 1.15 bits per heavy atom. The number of amides is 2. The van der Waals surface area contributed by atoms with E-state index in [0.717, 1.165) is 4.57 Å². The van der Waals surface area contributed by atoms with Gasteiger partial charge in [-0.3, -0.25) is 23.7 Å². The molecule has 3 aromatic rings. The summed E-state index contributed by atoms with van der Waals surface area (Å²) >= 11 is 0. The molecular formula is C26H28F3N5O6. The minimum Gasteiger partial charge on any atom is -0.481 e. The van der Waals surface area contributed by atoms with Gasteiger partial charge in [-0.2, -0.15) is 13.2 Å². The van der Waals surface area contributed by atoms with Gasteiger partial charge in [0.15, 0.2) is 29.5 Å². The van der Waals surface area contributed by atoms with Gasteiger partial charge in [0.25, 0.3) is 11.5 Å². The van der Waals surface area contributed by atoms with E-state index in [1.165, 1.54) is 23.4 Å². The molecule has 2 amide bonds. The third-order valence-electron chi connectivity index (χ3n) is 6.75. The molecule has 0 saturated carbocycles. The van der Waals surface area contributed by atoms with E-state index in [2.05, 4.69) is 10.3 Å². The molecule has 3 heterocycles. The van der Waals surface area contributed by atoms with Gasteiger partial charge in [-0.05, 0) is 19.8 Å². The number of nitrogens with one attached hydrogen (secondary N) is 1. The summed E-state index contributed by atoms with van der Waals surface area (Å²) in [6.45, 7) is -0.783. The SMILES string of the molecule is Cc1nc2c(c(OCC(F)(F)F)c(C(=O)NC3CCN(C(=O)CO)CC3)n2C)c(=O)n1CC(=O)c1ccccc1. The van der Waals surface area contributed by atoms with E-state index < -0.39 is 60.9 Å². The highest BCUT2D eigenvalue weighted by Gasteiger charge is 2.34.